The molecule has 0 spiro atoms. The average Bonchev–Trinajstić information content (AvgIpc) is 2.44. The lowest BCUT2D eigenvalue weighted by molar-refractivity contribution is -0.143. The first-order chi connectivity index (χ1) is 9.41. The number of H-pyrrole nitrogens is 1. The van der Waals surface area contributed by atoms with Gasteiger partial charge in [-0.15, -0.1) is 0 Å². The van der Waals surface area contributed by atoms with Gasteiger partial charge in [0.2, 0.25) is 0 Å². The topological polar surface area (TPSA) is 112 Å². The Hall–Kier alpha value is -2.38. The van der Waals surface area contributed by atoms with E-state index in [2.05, 4.69) is 4.98 Å². The summed E-state index contributed by atoms with van der Waals surface area (Å²) >= 11 is 0. The number of aromatic amines is 1. The molecule has 2 heterocycles. The van der Waals surface area contributed by atoms with Crippen molar-refractivity contribution in [3.8, 4) is 0 Å². The molecule has 8 nitrogen and oxygen atoms in total. The van der Waals surface area contributed by atoms with Gasteiger partial charge in [-0.1, -0.05) is 0 Å². The highest BCUT2D eigenvalue weighted by Crippen LogP contribution is 2.17. The number of carbonyl (C=O) groups is 2. The van der Waals surface area contributed by atoms with Crippen molar-refractivity contribution in [2.45, 2.75) is 12.8 Å². The van der Waals surface area contributed by atoms with Gasteiger partial charge in [-0.25, -0.2) is 4.79 Å². The molecule has 0 saturated carbocycles. The van der Waals surface area contributed by atoms with Crippen molar-refractivity contribution in [3.63, 3.8) is 0 Å². The molecule has 0 aromatic carbocycles. The van der Waals surface area contributed by atoms with Crippen LogP contribution in [-0.4, -0.2) is 44.5 Å². The molecule has 1 atom stereocenters. The Labute approximate surface area is 113 Å². The number of hydrogen-bond donors (Lipinski definition) is 2. The molecule has 108 valence electrons. The number of aromatic nitrogens is 2. The summed E-state index contributed by atoms with van der Waals surface area (Å²) in [7, 11) is 1.27. The second kappa shape index (κ2) is 5.32. The first-order valence-electron chi connectivity index (χ1n) is 6.22. The van der Waals surface area contributed by atoms with Crippen molar-refractivity contribution in [3.05, 3.63) is 32.6 Å². The maximum absolute atomic E-state index is 12.2. The number of aliphatic carboxylic acids is 1. The highest BCUT2D eigenvalue weighted by Gasteiger charge is 2.29. The van der Waals surface area contributed by atoms with Crippen LogP contribution in [0, 0.1) is 5.92 Å². The lowest BCUT2D eigenvalue weighted by Crippen LogP contribution is -2.45. The number of carbonyl (C=O) groups excluding carboxylic acids is 1. The van der Waals surface area contributed by atoms with Gasteiger partial charge in [0.05, 0.1) is 5.92 Å². The molecule has 2 rings (SSSR count). The van der Waals surface area contributed by atoms with E-state index in [1.165, 1.54) is 11.9 Å². The summed E-state index contributed by atoms with van der Waals surface area (Å²) in [6.45, 7) is 0.487. The van der Waals surface area contributed by atoms with Crippen LogP contribution in [0.2, 0.25) is 0 Å². The average molecular weight is 281 g/mol. The van der Waals surface area contributed by atoms with Crippen LogP contribution in [0.1, 0.15) is 23.2 Å². The van der Waals surface area contributed by atoms with Crippen molar-refractivity contribution in [2.75, 3.05) is 13.1 Å². The molecule has 1 aromatic heterocycles. The van der Waals surface area contributed by atoms with Gasteiger partial charge in [0.1, 0.15) is 5.56 Å². The maximum Gasteiger partial charge on any atom is 0.328 e. The smallest absolute Gasteiger partial charge is 0.328 e. The number of carboxylic acid groups (broad SMARTS) is 1. The standard InChI is InChI=1S/C12H15N3O5/c1-14-9(16)8(5-13-12(14)20)10(17)15-4-2-3-7(6-15)11(18)19/h5,7H,2-4,6H2,1H3,(H,13,20)(H,18,19)/t7-/m0/s1. The van der Waals surface area contributed by atoms with Crippen LogP contribution in [-0.2, 0) is 11.8 Å². The molecule has 0 bridgehead atoms. The van der Waals surface area contributed by atoms with E-state index in [0.717, 1.165) is 10.8 Å². The van der Waals surface area contributed by atoms with Crippen molar-refractivity contribution in [2.24, 2.45) is 13.0 Å². The number of amides is 1. The highest BCUT2D eigenvalue weighted by atomic mass is 16.4. The van der Waals surface area contributed by atoms with E-state index >= 15 is 0 Å². The van der Waals surface area contributed by atoms with Crippen LogP contribution in [0.3, 0.4) is 0 Å². The molecule has 1 aliphatic heterocycles. The van der Waals surface area contributed by atoms with E-state index < -0.39 is 29.0 Å². The molecule has 1 amide bonds. The minimum absolute atomic E-state index is 0.0798. The monoisotopic (exact) mass is 281 g/mol. The van der Waals surface area contributed by atoms with Crippen molar-refractivity contribution >= 4 is 11.9 Å². The summed E-state index contributed by atoms with van der Waals surface area (Å²) in [4.78, 5) is 50.0. The second-order valence-corrected chi connectivity index (χ2v) is 4.80. The highest BCUT2D eigenvalue weighted by molar-refractivity contribution is 5.93. The molecule has 8 heteroatoms. The maximum atomic E-state index is 12.2. The Morgan fingerprint density at radius 1 is 1.40 bits per heavy atom. The third-order valence-corrected chi connectivity index (χ3v) is 3.47. The van der Waals surface area contributed by atoms with Crippen LogP contribution in [0.25, 0.3) is 0 Å². The van der Waals surface area contributed by atoms with Gasteiger partial charge < -0.3 is 15.0 Å². The summed E-state index contributed by atoms with van der Waals surface area (Å²) in [6.07, 6.45) is 2.17. The Kier molecular flexibility index (Phi) is 3.73. The Bertz CT molecular complexity index is 660. The molecular formula is C12H15N3O5. The molecule has 20 heavy (non-hydrogen) atoms. The van der Waals surface area contributed by atoms with Gasteiger partial charge >= 0.3 is 11.7 Å². The summed E-state index contributed by atoms with van der Waals surface area (Å²) in [5.74, 6) is -2.11. The van der Waals surface area contributed by atoms with E-state index in [-0.39, 0.29) is 12.1 Å². The number of rotatable bonds is 2. The van der Waals surface area contributed by atoms with Crippen LogP contribution in [0.4, 0.5) is 0 Å². The fourth-order valence-electron chi connectivity index (χ4n) is 2.25. The van der Waals surface area contributed by atoms with Gasteiger partial charge in [0.15, 0.2) is 0 Å². The zero-order valence-electron chi connectivity index (χ0n) is 11.0. The molecule has 0 radical (unpaired) electrons. The first kappa shape index (κ1) is 14.0. The van der Waals surface area contributed by atoms with E-state index in [1.54, 1.807) is 0 Å². The Morgan fingerprint density at radius 2 is 2.10 bits per heavy atom. The normalized spacial score (nSPS) is 18.9. The summed E-state index contributed by atoms with van der Waals surface area (Å²) in [6, 6.07) is 0. The van der Waals surface area contributed by atoms with Gasteiger partial charge in [-0.3, -0.25) is 19.0 Å². The minimum atomic E-state index is -0.947. The van der Waals surface area contributed by atoms with Gasteiger partial charge in [-0.2, -0.15) is 0 Å². The van der Waals surface area contributed by atoms with Gasteiger partial charge in [0, 0.05) is 26.3 Å². The number of piperidine rings is 1. The van der Waals surface area contributed by atoms with Crippen molar-refractivity contribution in [1.29, 1.82) is 0 Å². The fraction of sp³-hybridized carbons (Fsp3) is 0.500. The number of nitrogens with one attached hydrogen (secondary N) is 1. The van der Waals surface area contributed by atoms with Crippen molar-refractivity contribution in [1.82, 2.24) is 14.5 Å². The fourth-order valence-corrected chi connectivity index (χ4v) is 2.25. The molecule has 0 aliphatic carbocycles. The SMILES string of the molecule is Cn1c(=O)[nH]cc(C(=O)N2CCC[C@H](C(=O)O)C2)c1=O. The molecule has 0 unspecified atom stereocenters. The zero-order valence-corrected chi connectivity index (χ0v) is 11.0. The lowest BCUT2D eigenvalue weighted by Gasteiger charge is -2.30. The lowest BCUT2D eigenvalue weighted by atomic mass is 9.98. The zero-order chi connectivity index (χ0) is 14.9. The molecule has 2 N–H and O–H groups in total. The van der Waals surface area contributed by atoms with E-state index in [0.29, 0.717) is 19.4 Å². The number of hydrogen-bond acceptors (Lipinski definition) is 4. The summed E-state index contributed by atoms with van der Waals surface area (Å²) < 4.78 is 0.811. The molecule has 1 saturated heterocycles. The van der Waals surface area contributed by atoms with Crippen LogP contribution >= 0.6 is 0 Å². The predicted octanol–water partition coefficient (Wildman–Crippen LogP) is -0.990. The Morgan fingerprint density at radius 3 is 2.75 bits per heavy atom. The predicted molar refractivity (Wildman–Crippen MR) is 68.6 cm³/mol. The van der Waals surface area contributed by atoms with Crippen LogP contribution in [0.5, 0.6) is 0 Å². The third-order valence-electron chi connectivity index (χ3n) is 3.47. The van der Waals surface area contributed by atoms with E-state index in [1.807, 2.05) is 0 Å². The van der Waals surface area contributed by atoms with Crippen molar-refractivity contribution < 1.29 is 14.7 Å². The van der Waals surface area contributed by atoms with E-state index in [9.17, 15) is 19.2 Å². The van der Waals surface area contributed by atoms with Crippen LogP contribution in [0.15, 0.2) is 15.8 Å². The summed E-state index contributed by atoms with van der Waals surface area (Å²) in [5.41, 5.74) is -1.44. The van der Waals surface area contributed by atoms with Crippen LogP contribution < -0.4 is 11.2 Å². The number of nitrogens with zero attached hydrogens (tertiary/aromatic N) is 2. The largest absolute Gasteiger partial charge is 0.481 e. The minimum Gasteiger partial charge on any atom is -0.481 e. The number of likely N-dealkylation sites (tertiary alicyclic amines) is 1. The molecule has 1 aromatic rings. The van der Waals surface area contributed by atoms with E-state index in [4.69, 9.17) is 5.11 Å². The molecular weight excluding hydrogens is 266 g/mol. The third kappa shape index (κ3) is 2.49. The summed E-state index contributed by atoms with van der Waals surface area (Å²) in [5, 5.41) is 8.99. The Balaban J connectivity index is 2.28. The van der Waals surface area contributed by atoms with Gasteiger partial charge in [0.25, 0.3) is 11.5 Å². The second-order valence-electron chi connectivity index (χ2n) is 4.80. The quantitative estimate of drug-likeness (QED) is 0.722. The molecule has 1 fully saturated rings. The van der Waals surface area contributed by atoms with Gasteiger partial charge in [-0.05, 0) is 12.8 Å². The molecule has 1 aliphatic rings. The number of carboxylic acids is 1. The first-order valence-corrected chi connectivity index (χ1v) is 6.22.